The highest BCUT2D eigenvalue weighted by Crippen LogP contribution is 2.42. The fourth-order valence-electron chi connectivity index (χ4n) is 3.77. The van der Waals surface area contributed by atoms with E-state index >= 15 is 0 Å². The number of H-pyrrole nitrogens is 2. The summed E-state index contributed by atoms with van der Waals surface area (Å²) in [5.41, 5.74) is 13.4. The van der Waals surface area contributed by atoms with Crippen LogP contribution in [0.4, 0.5) is 5.82 Å². The standard InChI is InChI=1S/C19H14N6/c20-8-13-16(11-3-1-2-10-6-7-22-17(10)11)12-4-5-15-14(9-23-25-15)18(12)24-19(13)21/h1-3,6-7,9,22H,4-5H2,(H2,21,24)(H,23,25). The molecule has 0 spiro atoms. The van der Waals surface area contributed by atoms with E-state index in [9.17, 15) is 5.26 Å². The van der Waals surface area contributed by atoms with Gasteiger partial charge in [0.2, 0.25) is 0 Å². The monoisotopic (exact) mass is 326 g/mol. The molecule has 0 fully saturated rings. The van der Waals surface area contributed by atoms with Crippen molar-refractivity contribution in [2.75, 3.05) is 5.73 Å². The number of hydrogen-bond acceptors (Lipinski definition) is 4. The van der Waals surface area contributed by atoms with Gasteiger partial charge in [0.25, 0.3) is 0 Å². The number of aromatic nitrogens is 4. The lowest BCUT2D eigenvalue weighted by atomic mass is 9.85. The van der Waals surface area contributed by atoms with Crippen LogP contribution in [0.1, 0.15) is 16.8 Å². The molecule has 0 aliphatic heterocycles. The number of hydrogen-bond donors (Lipinski definition) is 3. The molecule has 0 saturated heterocycles. The summed E-state index contributed by atoms with van der Waals surface area (Å²) < 4.78 is 0. The highest BCUT2D eigenvalue weighted by atomic mass is 15.1. The average molecular weight is 326 g/mol. The molecule has 4 aromatic rings. The van der Waals surface area contributed by atoms with E-state index in [1.54, 1.807) is 6.20 Å². The summed E-state index contributed by atoms with van der Waals surface area (Å²) in [5, 5.41) is 18.0. The fourth-order valence-corrected chi connectivity index (χ4v) is 3.77. The van der Waals surface area contributed by atoms with Gasteiger partial charge >= 0.3 is 0 Å². The largest absolute Gasteiger partial charge is 0.383 e. The second kappa shape index (κ2) is 4.95. The smallest absolute Gasteiger partial charge is 0.142 e. The predicted octanol–water partition coefficient (Wildman–Crippen LogP) is 3.17. The minimum absolute atomic E-state index is 0.258. The van der Waals surface area contributed by atoms with Crippen molar-refractivity contribution in [3.63, 3.8) is 0 Å². The molecule has 6 nitrogen and oxygen atoms in total. The lowest BCUT2D eigenvalue weighted by Gasteiger charge is -2.21. The molecule has 3 aromatic heterocycles. The van der Waals surface area contributed by atoms with E-state index in [4.69, 9.17) is 5.73 Å². The first-order chi connectivity index (χ1) is 12.3. The SMILES string of the molecule is N#Cc1c(N)nc2c(c1-c1cccc3cc[nH]c13)CCc1[nH]ncc1-2. The third-order valence-electron chi connectivity index (χ3n) is 4.89. The maximum atomic E-state index is 9.74. The van der Waals surface area contributed by atoms with Crippen LogP contribution in [-0.4, -0.2) is 20.2 Å². The number of nitrogens with two attached hydrogens (primary N) is 1. The Balaban J connectivity index is 1.92. The molecule has 1 aromatic carbocycles. The van der Waals surface area contributed by atoms with Crippen LogP contribution in [-0.2, 0) is 12.8 Å². The summed E-state index contributed by atoms with van der Waals surface area (Å²) in [5.74, 6) is 0.258. The molecule has 1 aliphatic carbocycles. The Kier molecular flexibility index (Phi) is 2.74. The second-order valence-electron chi connectivity index (χ2n) is 6.20. The zero-order valence-electron chi connectivity index (χ0n) is 13.3. The van der Waals surface area contributed by atoms with Crippen LogP contribution in [0.3, 0.4) is 0 Å². The topological polar surface area (TPSA) is 107 Å². The number of nitrogen functional groups attached to an aromatic ring is 1. The van der Waals surface area contributed by atoms with Gasteiger partial charge in [0, 0.05) is 28.6 Å². The summed E-state index contributed by atoms with van der Waals surface area (Å²) >= 11 is 0. The summed E-state index contributed by atoms with van der Waals surface area (Å²) in [6.07, 6.45) is 5.32. The number of rotatable bonds is 1. The Morgan fingerprint density at radius 2 is 2.08 bits per heavy atom. The van der Waals surface area contributed by atoms with E-state index in [-0.39, 0.29) is 5.82 Å². The number of fused-ring (bicyclic) bond motifs is 4. The number of aromatic amines is 2. The Bertz CT molecular complexity index is 1170. The van der Waals surface area contributed by atoms with Gasteiger partial charge < -0.3 is 10.7 Å². The third kappa shape index (κ3) is 1.83. The quantitative estimate of drug-likeness (QED) is 0.499. The molecule has 0 bridgehead atoms. The molecule has 0 atom stereocenters. The Morgan fingerprint density at radius 3 is 2.96 bits per heavy atom. The van der Waals surface area contributed by atoms with Crippen molar-refractivity contribution in [1.82, 2.24) is 20.2 Å². The van der Waals surface area contributed by atoms with E-state index in [1.165, 1.54) is 0 Å². The summed E-state index contributed by atoms with van der Waals surface area (Å²) in [6.45, 7) is 0. The maximum absolute atomic E-state index is 9.74. The highest BCUT2D eigenvalue weighted by molar-refractivity contribution is 5.98. The van der Waals surface area contributed by atoms with Gasteiger partial charge in [-0.25, -0.2) is 4.98 Å². The molecule has 0 amide bonds. The normalized spacial score (nSPS) is 12.6. The van der Waals surface area contributed by atoms with E-state index in [2.05, 4.69) is 26.2 Å². The summed E-state index contributed by atoms with van der Waals surface area (Å²) in [6, 6.07) is 10.4. The van der Waals surface area contributed by atoms with Crippen LogP contribution in [0.25, 0.3) is 33.3 Å². The van der Waals surface area contributed by atoms with Crippen LogP contribution < -0.4 is 5.73 Å². The number of aryl methyl sites for hydroxylation is 1. The van der Waals surface area contributed by atoms with Crippen molar-refractivity contribution in [2.24, 2.45) is 0 Å². The van der Waals surface area contributed by atoms with Crippen molar-refractivity contribution >= 4 is 16.7 Å². The Labute approximate surface area is 143 Å². The molecule has 1 aliphatic rings. The number of pyridine rings is 1. The minimum Gasteiger partial charge on any atom is -0.383 e. The van der Waals surface area contributed by atoms with E-state index in [1.807, 2.05) is 30.5 Å². The van der Waals surface area contributed by atoms with Crippen LogP contribution in [0.15, 0.2) is 36.7 Å². The van der Waals surface area contributed by atoms with Gasteiger partial charge in [-0.15, -0.1) is 0 Å². The van der Waals surface area contributed by atoms with Crippen molar-refractivity contribution in [3.05, 3.63) is 53.5 Å². The van der Waals surface area contributed by atoms with Crippen molar-refractivity contribution in [2.45, 2.75) is 12.8 Å². The van der Waals surface area contributed by atoms with Crippen LogP contribution >= 0.6 is 0 Å². The number of para-hydroxylation sites is 1. The van der Waals surface area contributed by atoms with Gasteiger partial charge in [-0.3, -0.25) is 5.10 Å². The first kappa shape index (κ1) is 13.8. The first-order valence-electron chi connectivity index (χ1n) is 8.09. The average Bonchev–Trinajstić information content (AvgIpc) is 3.29. The third-order valence-corrected chi connectivity index (χ3v) is 4.89. The number of benzene rings is 1. The lowest BCUT2D eigenvalue weighted by molar-refractivity contribution is 0.876. The lowest BCUT2D eigenvalue weighted by Crippen LogP contribution is -2.11. The molecule has 3 heterocycles. The van der Waals surface area contributed by atoms with Gasteiger partial charge in [0.1, 0.15) is 17.5 Å². The predicted molar refractivity (Wildman–Crippen MR) is 95.6 cm³/mol. The van der Waals surface area contributed by atoms with E-state index in [0.717, 1.165) is 57.4 Å². The van der Waals surface area contributed by atoms with Crippen LogP contribution in [0.5, 0.6) is 0 Å². The molecule has 6 heteroatoms. The highest BCUT2D eigenvalue weighted by Gasteiger charge is 2.27. The van der Waals surface area contributed by atoms with Gasteiger partial charge in [0.15, 0.2) is 0 Å². The Hall–Kier alpha value is -3.59. The van der Waals surface area contributed by atoms with Gasteiger partial charge in [0.05, 0.1) is 17.4 Å². The molecular formula is C19H14N6. The first-order valence-corrected chi connectivity index (χ1v) is 8.09. The molecule has 0 radical (unpaired) electrons. The van der Waals surface area contributed by atoms with Crippen molar-refractivity contribution < 1.29 is 0 Å². The number of anilines is 1. The second-order valence-corrected chi connectivity index (χ2v) is 6.20. The van der Waals surface area contributed by atoms with Gasteiger partial charge in [-0.05, 0) is 29.9 Å². The van der Waals surface area contributed by atoms with Gasteiger partial charge in [-0.2, -0.15) is 10.4 Å². The molecular weight excluding hydrogens is 312 g/mol. The minimum atomic E-state index is 0.258. The van der Waals surface area contributed by atoms with Crippen LogP contribution in [0, 0.1) is 11.3 Å². The van der Waals surface area contributed by atoms with Crippen molar-refractivity contribution in [3.8, 4) is 28.5 Å². The molecule has 0 saturated carbocycles. The molecule has 4 N–H and O–H groups in total. The van der Waals surface area contributed by atoms with E-state index in [0.29, 0.717) is 5.56 Å². The zero-order chi connectivity index (χ0) is 17.0. The Morgan fingerprint density at radius 1 is 1.16 bits per heavy atom. The maximum Gasteiger partial charge on any atom is 0.142 e. The van der Waals surface area contributed by atoms with Crippen molar-refractivity contribution in [1.29, 1.82) is 5.26 Å². The number of nitriles is 1. The summed E-state index contributed by atoms with van der Waals surface area (Å²) in [7, 11) is 0. The number of nitrogens with one attached hydrogen (secondary N) is 2. The van der Waals surface area contributed by atoms with Gasteiger partial charge in [-0.1, -0.05) is 18.2 Å². The fraction of sp³-hybridized carbons (Fsp3) is 0.105. The number of nitrogens with zero attached hydrogens (tertiary/aromatic N) is 3. The zero-order valence-corrected chi connectivity index (χ0v) is 13.3. The molecule has 25 heavy (non-hydrogen) atoms. The molecule has 5 rings (SSSR count). The molecule has 120 valence electrons. The summed E-state index contributed by atoms with van der Waals surface area (Å²) in [4.78, 5) is 7.83. The molecule has 0 unspecified atom stereocenters. The van der Waals surface area contributed by atoms with Crippen LogP contribution in [0.2, 0.25) is 0 Å². The van der Waals surface area contributed by atoms with E-state index < -0.39 is 0 Å².